The average Bonchev–Trinajstić information content (AvgIpc) is 3.51. The van der Waals surface area contributed by atoms with Crippen molar-refractivity contribution in [2.24, 2.45) is 5.73 Å². The molecule has 0 fully saturated rings. The summed E-state index contributed by atoms with van der Waals surface area (Å²) in [5.41, 5.74) is 14.8. The maximum atomic E-state index is 12.8. The summed E-state index contributed by atoms with van der Waals surface area (Å²) in [6.45, 7) is 2.20. The first kappa shape index (κ1) is 27.2. The number of rotatable bonds is 5. The molecule has 2 heterocycles. The minimum absolute atomic E-state index is 0.0468. The molecule has 0 unspecified atom stereocenters. The highest BCUT2D eigenvalue weighted by atomic mass is 19.1. The monoisotopic (exact) mass is 534 g/mol. The van der Waals surface area contributed by atoms with Gasteiger partial charge in [0.05, 0.1) is 18.7 Å². The van der Waals surface area contributed by atoms with Crippen LogP contribution in [0.4, 0.5) is 10.2 Å². The quantitative estimate of drug-likeness (QED) is 0.281. The lowest BCUT2D eigenvalue weighted by molar-refractivity contribution is 0.0599. The van der Waals surface area contributed by atoms with E-state index in [-0.39, 0.29) is 34.7 Å². The maximum absolute atomic E-state index is 12.8. The summed E-state index contributed by atoms with van der Waals surface area (Å²) in [7, 11) is 1.32. The fraction of sp³-hybridized carbons (Fsp3) is 0.222. The van der Waals surface area contributed by atoms with Crippen molar-refractivity contribution in [3.05, 3.63) is 93.6 Å². The molecular weight excluding hydrogens is 507 g/mol. The largest absolute Gasteiger partial charge is 0.477 e. The van der Waals surface area contributed by atoms with Gasteiger partial charge in [-0.2, -0.15) is 0 Å². The van der Waals surface area contributed by atoms with Gasteiger partial charge in [-0.25, -0.2) is 23.5 Å². The van der Waals surface area contributed by atoms with Crippen LogP contribution < -0.4 is 16.8 Å². The number of methoxy groups -OCH3 is 1. The van der Waals surface area contributed by atoms with Gasteiger partial charge in [-0.15, -0.1) is 5.10 Å². The Morgan fingerprint density at radius 2 is 1.95 bits per heavy atom. The molecule has 2 aromatic carbocycles. The number of fused-ring (bicyclic) bond motifs is 2. The molecule has 1 amide bonds. The fourth-order valence-electron chi connectivity index (χ4n) is 4.34. The van der Waals surface area contributed by atoms with Crippen LogP contribution >= 0.6 is 0 Å². The van der Waals surface area contributed by atoms with Gasteiger partial charge < -0.3 is 26.6 Å². The first-order valence-electron chi connectivity index (χ1n) is 12.0. The highest BCUT2D eigenvalue weighted by molar-refractivity contribution is 5.96. The Kier molecular flexibility index (Phi) is 7.86. The number of carbonyl (C=O) groups is 3. The van der Waals surface area contributed by atoms with Gasteiger partial charge in [0.25, 0.3) is 5.91 Å². The van der Waals surface area contributed by atoms with Crippen molar-refractivity contribution in [1.82, 2.24) is 19.9 Å². The highest BCUT2D eigenvalue weighted by Gasteiger charge is 2.27. The number of carboxylic acid groups (broad SMARTS) is 1. The van der Waals surface area contributed by atoms with E-state index in [4.69, 9.17) is 16.2 Å². The number of nitrogens with two attached hydrogens (primary N) is 2. The standard InChI is InChI=1S/C19H17N5O5.C8H10FN/c1-29-19(28)10-2-4-11-9(6-10)3-5-12(11)22-17(25)13-7-14(18(26)27)24-16(21-13)8-15(20)23-24;1-6-4-7(5-10)2-3-8(6)9/h2,4,6-8,12H,3,5H2,1H3,(H2,20,23)(H,22,25)(H,26,27);2-4H,5,10H2,1H3/t12-;/m0./s1. The zero-order valence-corrected chi connectivity index (χ0v) is 21.3. The number of carbonyl (C=O) groups excluding carboxylic acids is 2. The molecule has 11 nitrogen and oxygen atoms in total. The van der Waals surface area contributed by atoms with Gasteiger partial charge in [0, 0.05) is 18.7 Å². The summed E-state index contributed by atoms with van der Waals surface area (Å²) < 4.78 is 18.4. The molecule has 0 bridgehead atoms. The molecule has 0 saturated carbocycles. The third-order valence-corrected chi connectivity index (χ3v) is 6.30. The van der Waals surface area contributed by atoms with E-state index in [0.717, 1.165) is 27.3 Å². The third-order valence-electron chi connectivity index (χ3n) is 6.30. The molecule has 2 aromatic heterocycles. The van der Waals surface area contributed by atoms with E-state index >= 15 is 0 Å². The van der Waals surface area contributed by atoms with Crippen molar-refractivity contribution in [3.63, 3.8) is 0 Å². The molecular formula is C27H27FN6O5. The van der Waals surface area contributed by atoms with E-state index < -0.39 is 17.8 Å². The van der Waals surface area contributed by atoms with Crippen LogP contribution in [0.25, 0.3) is 5.65 Å². The number of hydrogen-bond donors (Lipinski definition) is 4. The molecule has 202 valence electrons. The van der Waals surface area contributed by atoms with Gasteiger partial charge >= 0.3 is 11.9 Å². The van der Waals surface area contributed by atoms with Crippen molar-refractivity contribution in [3.8, 4) is 0 Å². The minimum Gasteiger partial charge on any atom is -0.477 e. The summed E-state index contributed by atoms with van der Waals surface area (Å²) >= 11 is 0. The zero-order chi connectivity index (χ0) is 28.3. The molecule has 1 aliphatic carbocycles. The SMILES string of the molecule is COC(=O)c1ccc2c(c1)CC[C@@H]2NC(=O)c1cc(C(=O)O)n2nc(N)cc2n1.Cc1cc(CN)ccc1F. The Labute approximate surface area is 222 Å². The molecule has 4 aromatic rings. The average molecular weight is 535 g/mol. The molecule has 12 heteroatoms. The van der Waals surface area contributed by atoms with Gasteiger partial charge in [0.15, 0.2) is 11.3 Å². The van der Waals surface area contributed by atoms with Gasteiger partial charge in [-0.1, -0.05) is 18.2 Å². The van der Waals surface area contributed by atoms with E-state index in [1.165, 1.54) is 19.2 Å². The molecule has 1 aliphatic rings. The van der Waals surface area contributed by atoms with Gasteiger partial charge in [0.1, 0.15) is 17.3 Å². The lowest BCUT2D eigenvalue weighted by atomic mass is 10.0. The van der Waals surface area contributed by atoms with Crippen molar-refractivity contribution in [2.45, 2.75) is 32.4 Å². The van der Waals surface area contributed by atoms with Crippen LogP contribution in [0.15, 0.2) is 48.5 Å². The maximum Gasteiger partial charge on any atom is 0.354 e. The summed E-state index contributed by atoms with van der Waals surface area (Å²) in [5, 5.41) is 16.2. The Balaban J connectivity index is 0.000000298. The predicted molar refractivity (Wildman–Crippen MR) is 140 cm³/mol. The number of nitrogens with one attached hydrogen (secondary N) is 1. The van der Waals surface area contributed by atoms with Gasteiger partial charge in [0.2, 0.25) is 0 Å². The smallest absolute Gasteiger partial charge is 0.354 e. The first-order chi connectivity index (χ1) is 18.6. The molecule has 39 heavy (non-hydrogen) atoms. The topological polar surface area (TPSA) is 175 Å². The third kappa shape index (κ3) is 5.85. The van der Waals surface area contributed by atoms with E-state index in [1.807, 2.05) is 0 Å². The van der Waals surface area contributed by atoms with Crippen LogP contribution in [0.1, 0.15) is 66.1 Å². The second kappa shape index (κ2) is 11.3. The Hall–Kier alpha value is -4.84. The summed E-state index contributed by atoms with van der Waals surface area (Å²) in [6, 6.07) is 12.4. The van der Waals surface area contributed by atoms with Crippen molar-refractivity contribution >= 4 is 29.3 Å². The highest BCUT2D eigenvalue weighted by Crippen LogP contribution is 2.32. The second-order valence-corrected chi connectivity index (χ2v) is 8.93. The molecule has 5 rings (SSSR count). The van der Waals surface area contributed by atoms with Crippen LogP contribution in [-0.2, 0) is 17.7 Å². The summed E-state index contributed by atoms with van der Waals surface area (Å²) in [5.74, 6) is -2.25. The van der Waals surface area contributed by atoms with Crippen LogP contribution in [0.5, 0.6) is 0 Å². The number of ether oxygens (including phenoxy) is 1. The fourth-order valence-corrected chi connectivity index (χ4v) is 4.34. The number of aryl methyl sites for hydroxylation is 2. The Bertz CT molecular complexity index is 1580. The minimum atomic E-state index is -1.25. The molecule has 0 aliphatic heterocycles. The van der Waals surface area contributed by atoms with Crippen LogP contribution in [-0.4, -0.2) is 44.7 Å². The summed E-state index contributed by atoms with van der Waals surface area (Å²) in [6.07, 6.45) is 1.34. The Morgan fingerprint density at radius 3 is 2.62 bits per heavy atom. The summed E-state index contributed by atoms with van der Waals surface area (Å²) in [4.78, 5) is 40.1. The Morgan fingerprint density at radius 1 is 1.18 bits per heavy atom. The number of aromatic nitrogens is 3. The number of carboxylic acids is 1. The number of aromatic carboxylic acids is 1. The first-order valence-corrected chi connectivity index (χ1v) is 12.0. The number of amides is 1. The molecule has 0 saturated heterocycles. The van der Waals surface area contributed by atoms with Crippen molar-refractivity contribution in [2.75, 3.05) is 12.8 Å². The van der Waals surface area contributed by atoms with Gasteiger partial charge in [-0.3, -0.25) is 4.79 Å². The lowest BCUT2D eigenvalue weighted by Crippen LogP contribution is -2.28. The molecule has 6 N–H and O–H groups in total. The van der Waals surface area contributed by atoms with Crippen LogP contribution in [0.2, 0.25) is 0 Å². The van der Waals surface area contributed by atoms with Crippen LogP contribution in [0, 0.1) is 12.7 Å². The lowest BCUT2D eigenvalue weighted by Gasteiger charge is -2.14. The van der Waals surface area contributed by atoms with Gasteiger partial charge in [-0.05, 0) is 60.2 Å². The van der Waals surface area contributed by atoms with Crippen LogP contribution in [0.3, 0.4) is 0 Å². The van der Waals surface area contributed by atoms with Crippen molar-refractivity contribution < 1.29 is 28.6 Å². The number of nitrogens with zero attached hydrogens (tertiary/aromatic N) is 3. The number of halogens is 1. The van der Waals surface area contributed by atoms with E-state index in [1.54, 1.807) is 37.3 Å². The number of anilines is 1. The number of esters is 1. The number of hydrogen-bond acceptors (Lipinski definition) is 8. The van der Waals surface area contributed by atoms with E-state index in [0.29, 0.717) is 30.5 Å². The zero-order valence-electron chi connectivity index (χ0n) is 21.3. The molecule has 1 atom stereocenters. The predicted octanol–water partition coefficient (Wildman–Crippen LogP) is 2.81. The normalized spacial score (nSPS) is 13.8. The molecule has 0 spiro atoms. The number of nitrogen functional groups attached to an aromatic ring is 1. The molecule has 0 radical (unpaired) electrons. The van der Waals surface area contributed by atoms with Crippen molar-refractivity contribution in [1.29, 1.82) is 0 Å². The number of benzene rings is 2. The van der Waals surface area contributed by atoms with E-state index in [2.05, 4.69) is 15.4 Å². The second-order valence-electron chi connectivity index (χ2n) is 8.93. The van der Waals surface area contributed by atoms with E-state index in [9.17, 15) is 23.9 Å².